The van der Waals surface area contributed by atoms with Crippen molar-refractivity contribution in [3.63, 3.8) is 0 Å². The van der Waals surface area contributed by atoms with E-state index in [1.165, 1.54) is 0 Å². The highest BCUT2D eigenvalue weighted by Gasteiger charge is 2.38. The molecule has 2 saturated heterocycles. The van der Waals surface area contributed by atoms with Crippen molar-refractivity contribution >= 4 is 5.91 Å². The molecule has 1 amide bonds. The highest BCUT2D eigenvalue weighted by atomic mass is 16.1. The molecule has 0 aliphatic carbocycles. The summed E-state index contributed by atoms with van der Waals surface area (Å²) < 4.78 is 0. The number of amides is 1. The molecule has 2 fully saturated rings. The minimum atomic E-state index is 0.0174. The molecule has 0 unspecified atom stereocenters. The molecule has 0 spiro atoms. The maximum atomic E-state index is 12.6. The van der Waals surface area contributed by atoms with E-state index in [0.29, 0.717) is 12.3 Å². The van der Waals surface area contributed by atoms with E-state index >= 15 is 0 Å². The van der Waals surface area contributed by atoms with E-state index in [9.17, 15) is 4.79 Å². The molecular weight excluding hydrogens is 312 g/mol. The summed E-state index contributed by atoms with van der Waals surface area (Å²) in [5.74, 6) is 0.665. The van der Waals surface area contributed by atoms with Crippen molar-refractivity contribution in [1.82, 2.24) is 20.4 Å². The van der Waals surface area contributed by atoms with Crippen LogP contribution in [0.5, 0.6) is 0 Å². The third kappa shape index (κ3) is 6.22. The van der Waals surface area contributed by atoms with Crippen LogP contribution in [0.3, 0.4) is 0 Å². The van der Waals surface area contributed by atoms with Gasteiger partial charge in [-0.2, -0.15) is 0 Å². The smallest absolute Gasteiger partial charge is 0.220 e. The molecule has 0 aromatic carbocycles. The van der Waals surface area contributed by atoms with Gasteiger partial charge >= 0.3 is 0 Å². The number of carbonyl (C=O) groups excluding carboxylic acids is 1. The van der Waals surface area contributed by atoms with Crippen LogP contribution in [0.4, 0.5) is 0 Å². The molecule has 2 aliphatic rings. The molecule has 0 radical (unpaired) electrons. The van der Waals surface area contributed by atoms with Crippen LogP contribution in [0, 0.1) is 5.92 Å². The molecule has 2 N–H and O–H groups in total. The van der Waals surface area contributed by atoms with Crippen LogP contribution in [-0.2, 0) is 4.79 Å². The first-order chi connectivity index (χ1) is 11.4. The molecule has 2 heterocycles. The van der Waals surface area contributed by atoms with Crippen molar-refractivity contribution in [2.45, 2.75) is 77.4 Å². The Bertz CT molecular complexity index is 448. The van der Waals surface area contributed by atoms with Gasteiger partial charge in [-0.1, -0.05) is 0 Å². The van der Waals surface area contributed by atoms with Crippen LogP contribution in [0.2, 0.25) is 0 Å². The van der Waals surface area contributed by atoms with E-state index in [1.807, 2.05) is 0 Å². The van der Waals surface area contributed by atoms with E-state index in [0.717, 1.165) is 45.6 Å². The Hall–Kier alpha value is -0.650. The van der Waals surface area contributed by atoms with Gasteiger partial charge in [0.05, 0.1) is 0 Å². The SMILES string of the molecule is CN1CCN(C(C)(C)CNC(=O)CC2CC(C)(C)NC(C)(C)C2)CC1. The lowest BCUT2D eigenvalue weighted by Crippen LogP contribution is -2.59. The average Bonchev–Trinajstić information content (AvgIpc) is 2.42. The average molecular weight is 353 g/mol. The second kappa shape index (κ2) is 7.53. The van der Waals surface area contributed by atoms with Gasteiger partial charge in [0.2, 0.25) is 5.91 Å². The Kier molecular flexibility index (Phi) is 6.22. The van der Waals surface area contributed by atoms with E-state index in [-0.39, 0.29) is 22.5 Å². The zero-order valence-corrected chi connectivity index (χ0v) is 17.5. The molecule has 5 heteroatoms. The number of likely N-dealkylation sites (N-methyl/N-ethyl adjacent to an activating group) is 1. The Balaban J connectivity index is 1.81. The van der Waals surface area contributed by atoms with Gasteiger partial charge in [-0.3, -0.25) is 9.69 Å². The first-order valence-corrected chi connectivity index (χ1v) is 9.88. The molecule has 0 aromatic rings. The second-order valence-electron chi connectivity index (χ2n) is 10.3. The molecule has 2 aliphatic heterocycles. The summed E-state index contributed by atoms with van der Waals surface area (Å²) in [6.45, 7) is 18.6. The fourth-order valence-corrected chi connectivity index (χ4v) is 4.85. The molecule has 0 saturated carbocycles. The number of nitrogens with zero attached hydrogens (tertiary/aromatic N) is 2. The van der Waals surface area contributed by atoms with Gasteiger partial charge in [-0.15, -0.1) is 0 Å². The summed E-state index contributed by atoms with van der Waals surface area (Å²) in [7, 11) is 2.17. The number of nitrogens with one attached hydrogen (secondary N) is 2. The topological polar surface area (TPSA) is 47.6 Å². The quantitative estimate of drug-likeness (QED) is 0.795. The number of piperazine rings is 1. The first kappa shape index (κ1) is 20.7. The van der Waals surface area contributed by atoms with E-state index in [1.54, 1.807) is 0 Å². The van der Waals surface area contributed by atoms with Crippen molar-refractivity contribution < 1.29 is 4.79 Å². The molecule has 0 atom stereocenters. The van der Waals surface area contributed by atoms with E-state index in [2.05, 4.69) is 69.0 Å². The maximum Gasteiger partial charge on any atom is 0.220 e. The van der Waals surface area contributed by atoms with Crippen molar-refractivity contribution in [3.8, 4) is 0 Å². The largest absolute Gasteiger partial charge is 0.354 e. The van der Waals surface area contributed by atoms with Crippen molar-refractivity contribution in [2.75, 3.05) is 39.8 Å². The van der Waals surface area contributed by atoms with Gasteiger partial charge in [0.15, 0.2) is 0 Å². The van der Waals surface area contributed by atoms with E-state index in [4.69, 9.17) is 0 Å². The molecule has 0 bridgehead atoms. The Morgan fingerprint density at radius 2 is 1.60 bits per heavy atom. The number of hydrogen-bond donors (Lipinski definition) is 2. The molecule has 2 rings (SSSR count). The number of rotatable bonds is 5. The molecule has 0 aromatic heterocycles. The standard InChI is InChI=1S/C20H40N4O/c1-18(2)13-16(14-19(3,4)22-18)12-17(25)21-15-20(5,6)24-10-8-23(7)9-11-24/h16,22H,8-15H2,1-7H3,(H,21,25). The Morgan fingerprint density at radius 3 is 2.12 bits per heavy atom. The first-order valence-electron chi connectivity index (χ1n) is 9.88. The molecule has 25 heavy (non-hydrogen) atoms. The van der Waals surface area contributed by atoms with Gasteiger partial charge in [-0.05, 0) is 67.3 Å². The van der Waals surface area contributed by atoms with Gasteiger partial charge in [-0.25, -0.2) is 0 Å². The Labute approximate surface area is 154 Å². The number of hydrogen-bond acceptors (Lipinski definition) is 4. The fourth-order valence-electron chi connectivity index (χ4n) is 4.85. The van der Waals surface area contributed by atoms with Crippen LogP contribution in [0.15, 0.2) is 0 Å². The summed E-state index contributed by atoms with van der Waals surface area (Å²) in [5.41, 5.74) is 0.223. The second-order valence-corrected chi connectivity index (χ2v) is 10.3. The normalized spacial score (nSPS) is 25.7. The maximum absolute atomic E-state index is 12.6. The minimum absolute atomic E-state index is 0.0174. The summed E-state index contributed by atoms with van der Waals surface area (Å²) in [6, 6.07) is 0. The van der Waals surface area contributed by atoms with Crippen molar-refractivity contribution in [3.05, 3.63) is 0 Å². The minimum Gasteiger partial charge on any atom is -0.354 e. The van der Waals surface area contributed by atoms with Crippen molar-refractivity contribution in [1.29, 1.82) is 0 Å². The third-order valence-electron chi connectivity index (χ3n) is 5.83. The highest BCUT2D eigenvalue weighted by Crippen LogP contribution is 2.34. The number of piperidine rings is 1. The summed E-state index contributed by atoms with van der Waals surface area (Å²) in [5, 5.41) is 6.91. The van der Waals surface area contributed by atoms with Gasteiger partial charge in [0, 0.05) is 55.8 Å². The van der Waals surface area contributed by atoms with Crippen LogP contribution in [0.1, 0.15) is 60.8 Å². The summed E-state index contributed by atoms with van der Waals surface area (Å²) in [4.78, 5) is 17.4. The zero-order chi connectivity index (χ0) is 18.9. The predicted molar refractivity (Wildman–Crippen MR) is 105 cm³/mol. The van der Waals surface area contributed by atoms with Crippen LogP contribution >= 0.6 is 0 Å². The van der Waals surface area contributed by atoms with Gasteiger partial charge in [0.1, 0.15) is 0 Å². The summed E-state index contributed by atoms with van der Waals surface area (Å²) >= 11 is 0. The summed E-state index contributed by atoms with van der Waals surface area (Å²) in [6.07, 6.45) is 2.77. The monoisotopic (exact) mass is 352 g/mol. The van der Waals surface area contributed by atoms with E-state index < -0.39 is 0 Å². The lowest BCUT2D eigenvalue weighted by molar-refractivity contribution is -0.123. The molecule has 146 valence electrons. The number of carbonyl (C=O) groups is 1. The van der Waals surface area contributed by atoms with Gasteiger partial charge in [0.25, 0.3) is 0 Å². The predicted octanol–water partition coefficient (Wildman–Crippen LogP) is 2.08. The highest BCUT2D eigenvalue weighted by molar-refractivity contribution is 5.76. The molecule has 5 nitrogen and oxygen atoms in total. The third-order valence-corrected chi connectivity index (χ3v) is 5.83. The lowest BCUT2D eigenvalue weighted by Gasteiger charge is -2.46. The van der Waals surface area contributed by atoms with Gasteiger partial charge < -0.3 is 15.5 Å². The van der Waals surface area contributed by atoms with Crippen LogP contribution in [0.25, 0.3) is 0 Å². The van der Waals surface area contributed by atoms with Crippen LogP contribution in [-0.4, -0.2) is 72.1 Å². The molecular formula is C20H40N4O. The zero-order valence-electron chi connectivity index (χ0n) is 17.5. The lowest BCUT2D eigenvalue weighted by atomic mass is 9.74. The fraction of sp³-hybridized carbons (Fsp3) is 0.950. The van der Waals surface area contributed by atoms with Crippen molar-refractivity contribution in [2.24, 2.45) is 5.92 Å². The van der Waals surface area contributed by atoms with Crippen LogP contribution < -0.4 is 10.6 Å². The Morgan fingerprint density at radius 1 is 1.08 bits per heavy atom.